The van der Waals surface area contributed by atoms with Crippen molar-refractivity contribution in [2.24, 2.45) is 5.73 Å². The van der Waals surface area contributed by atoms with Crippen molar-refractivity contribution in [1.29, 1.82) is 5.41 Å². The van der Waals surface area contributed by atoms with Gasteiger partial charge >= 0.3 is 0 Å². The van der Waals surface area contributed by atoms with Gasteiger partial charge in [-0.1, -0.05) is 17.8 Å². The van der Waals surface area contributed by atoms with E-state index in [0.717, 1.165) is 28.0 Å². The molecule has 0 unspecified atom stereocenters. The molecule has 0 aliphatic rings. The van der Waals surface area contributed by atoms with Crippen LogP contribution in [0.4, 0.5) is 0 Å². The van der Waals surface area contributed by atoms with E-state index in [1.807, 2.05) is 25.1 Å². The molecule has 16 heavy (non-hydrogen) atoms. The highest BCUT2D eigenvalue weighted by Crippen LogP contribution is 2.22. The van der Waals surface area contributed by atoms with Gasteiger partial charge in [0, 0.05) is 11.1 Å². The Hall–Kier alpha value is -1.13. The summed E-state index contributed by atoms with van der Waals surface area (Å²) in [5, 5.41) is 8.39. The van der Waals surface area contributed by atoms with Crippen LogP contribution in [-0.2, 0) is 5.75 Å². The van der Waals surface area contributed by atoms with E-state index < -0.39 is 0 Å². The molecular formula is C11H13ClN2OS. The number of nitrogens with two attached hydrogens (primary N) is 1. The quantitative estimate of drug-likeness (QED) is 0.640. The molecule has 2 rings (SSSR count). The molecule has 1 aromatic heterocycles. The highest BCUT2D eigenvalue weighted by molar-refractivity contribution is 8.13. The zero-order valence-corrected chi connectivity index (χ0v) is 10.5. The molecule has 0 bridgehead atoms. The van der Waals surface area contributed by atoms with Crippen LogP contribution in [0.2, 0.25) is 0 Å². The summed E-state index contributed by atoms with van der Waals surface area (Å²) in [5.74, 6) is 1.65. The number of hydrogen-bond donors (Lipinski definition) is 2. The smallest absolute Gasteiger partial charge is 0.151 e. The minimum Gasteiger partial charge on any atom is -0.461 e. The average molecular weight is 257 g/mol. The zero-order valence-electron chi connectivity index (χ0n) is 8.82. The first-order valence-corrected chi connectivity index (χ1v) is 5.59. The molecule has 0 fully saturated rings. The normalized spacial score (nSPS) is 10.1. The van der Waals surface area contributed by atoms with Crippen LogP contribution < -0.4 is 5.73 Å². The summed E-state index contributed by atoms with van der Waals surface area (Å²) in [6.45, 7) is 1.93. The largest absolute Gasteiger partial charge is 0.461 e. The molecule has 0 amide bonds. The summed E-state index contributed by atoms with van der Waals surface area (Å²) in [6, 6.07) is 8.04. The average Bonchev–Trinajstić information content (AvgIpc) is 2.53. The van der Waals surface area contributed by atoms with Gasteiger partial charge in [0.25, 0.3) is 0 Å². The van der Waals surface area contributed by atoms with Crippen LogP contribution in [-0.4, -0.2) is 5.17 Å². The lowest BCUT2D eigenvalue weighted by atomic mass is 10.2. The van der Waals surface area contributed by atoms with Crippen molar-refractivity contribution in [3.63, 3.8) is 0 Å². The number of thioether (sulfide) groups is 1. The Labute approximate surface area is 104 Å². The van der Waals surface area contributed by atoms with E-state index >= 15 is 0 Å². The van der Waals surface area contributed by atoms with Gasteiger partial charge in [0.1, 0.15) is 11.3 Å². The number of rotatable bonds is 2. The predicted molar refractivity (Wildman–Crippen MR) is 71.4 cm³/mol. The van der Waals surface area contributed by atoms with E-state index in [2.05, 4.69) is 6.07 Å². The second-order valence-corrected chi connectivity index (χ2v) is 4.40. The van der Waals surface area contributed by atoms with E-state index in [1.54, 1.807) is 0 Å². The Bertz CT molecular complexity index is 510. The lowest BCUT2D eigenvalue weighted by molar-refractivity contribution is 0.578. The van der Waals surface area contributed by atoms with Crippen LogP contribution in [0.25, 0.3) is 11.0 Å². The highest BCUT2D eigenvalue weighted by Gasteiger charge is 2.02. The second kappa shape index (κ2) is 5.27. The van der Waals surface area contributed by atoms with E-state index in [4.69, 9.17) is 15.6 Å². The van der Waals surface area contributed by atoms with Gasteiger partial charge in [0.05, 0.1) is 0 Å². The summed E-state index contributed by atoms with van der Waals surface area (Å²) in [7, 11) is 0. The van der Waals surface area contributed by atoms with Crippen molar-refractivity contribution in [3.05, 3.63) is 35.6 Å². The molecule has 0 atom stereocenters. The molecule has 3 nitrogen and oxygen atoms in total. The number of fused-ring (bicyclic) bond motifs is 1. The molecule has 0 aliphatic heterocycles. The number of furan rings is 1. The van der Waals surface area contributed by atoms with Crippen LogP contribution in [0.15, 0.2) is 28.7 Å². The third kappa shape index (κ3) is 2.93. The first kappa shape index (κ1) is 12.9. The first-order chi connectivity index (χ1) is 7.15. The second-order valence-electron chi connectivity index (χ2n) is 3.38. The molecule has 5 heteroatoms. The maximum atomic E-state index is 7.13. The molecule has 86 valence electrons. The summed E-state index contributed by atoms with van der Waals surface area (Å²) in [4.78, 5) is 0. The van der Waals surface area contributed by atoms with E-state index in [1.165, 1.54) is 11.8 Å². The fraction of sp³-hybridized carbons (Fsp3) is 0.182. The Kier molecular flexibility index (Phi) is 4.26. The number of aryl methyl sites for hydroxylation is 1. The molecule has 0 aliphatic carbocycles. The number of benzene rings is 1. The Morgan fingerprint density at radius 3 is 2.88 bits per heavy atom. The van der Waals surface area contributed by atoms with Gasteiger partial charge in [-0.2, -0.15) is 0 Å². The third-order valence-corrected chi connectivity index (χ3v) is 2.89. The SMILES string of the molecule is Cc1cc2cc(CSC(=N)N)ccc2o1.Cl. The number of nitrogens with one attached hydrogen (secondary N) is 1. The minimum atomic E-state index is 0. The topological polar surface area (TPSA) is 63.0 Å². The third-order valence-electron chi connectivity index (χ3n) is 2.10. The van der Waals surface area contributed by atoms with Gasteiger partial charge in [0.15, 0.2) is 5.17 Å². The van der Waals surface area contributed by atoms with E-state index in [9.17, 15) is 0 Å². The van der Waals surface area contributed by atoms with Crippen molar-refractivity contribution in [2.75, 3.05) is 0 Å². The van der Waals surface area contributed by atoms with Crippen molar-refractivity contribution in [3.8, 4) is 0 Å². The van der Waals surface area contributed by atoms with Crippen molar-refractivity contribution >= 4 is 40.3 Å². The molecule has 2 aromatic rings. The van der Waals surface area contributed by atoms with E-state index in [0.29, 0.717) is 0 Å². The molecule has 0 radical (unpaired) electrons. The molecular weight excluding hydrogens is 244 g/mol. The molecule has 3 N–H and O–H groups in total. The summed E-state index contributed by atoms with van der Waals surface area (Å²) in [5.41, 5.74) is 7.35. The fourth-order valence-corrected chi connectivity index (χ4v) is 1.98. The van der Waals surface area contributed by atoms with Crippen LogP contribution in [0.3, 0.4) is 0 Å². The first-order valence-electron chi connectivity index (χ1n) is 4.61. The van der Waals surface area contributed by atoms with Crippen LogP contribution >= 0.6 is 24.2 Å². The molecule has 1 aromatic carbocycles. The lowest BCUT2D eigenvalue weighted by Crippen LogP contribution is -2.03. The van der Waals surface area contributed by atoms with Gasteiger partial charge in [-0.15, -0.1) is 12.4 Å². The lowest BCUT2D eigenvalue weighted by Gasteiger charge is -1.99. The standard InChI is InChI=1S/C11H12N2OS.ClH/c1-7-4-9-5-8(6-15-11(12)13)2-3-10(9)14-7;/h2-5H,6H2,1H3,(H3,12,13);1H. The zero-order chi connectivity index (χ0) is 10.8. The van der Waals surface area contributed by atoms with Crippen molar-refractivity contribution < 1.29 is 4.42 Å². The van der Waals surface area contributed by atoms with Crippen LogP contribution in [0.5, 0.6) is 0 Å². The summed E-state index contributed by atoms with van der Waals surface area (Å²) in [6.07, 6.45) is 0. The van der Waals surface area contributed by atoms with Crippen molar-refractivity contribution in [2.45, 2.75) is 12.7 Å². The number of hydrogen-bond acceptors (Lipinski definition) is 3. The maximum absolute atomic E-state index is 7.13. The fourth-order valence-electron chi connectivity index (χ4n) is 1.48. The Morgan fingerprint density at radius 2 is 2.19 bits per heavy atom. The van der Waals surface area contributed by atoms with Gasteiger partial charge < -0.3 is 10.2 Å². The van der Waals surface area contributed by atoms with Crippen LogP contribution in [0, 0.1) is 12.3 Å². The maximum Gasteiger partial charge on any atom is 0.151 e. The molecule has 1 heterocycles. The van der Waals surface area contributed by atoms with Gasteiger partial charge in [-0.05, 0) is 30.7 Å². The summed E-state index contributed by atoms with van der Waals surface area (Å²) >= 11 is 1.33. The van der Waals surface area contributed by atoms with Crippen LogP contribution in [0.1, 0.15) is 11.3 Å². The highest BCUT2D eigenvalue weighted by atomic mass is 35.5. The number of amidine groups is 1. The predicted octanol–water partition coefficient (Wildman–Crippen LogP) is 3.29. The van der Waals surface area contributed by atoms with Gasteiger partial charge in [-0.3, -0.25) is 5.41 Å². The summed E-state index contributed by atoms with van der Waals surface area (Å²) < 4.78 is 5.47. The number of halogens is 1. The monoisotopic (exact) mass is 256 g/mol. The van der Waals surface area contributed by atoms with Gasteiger partial charge in [0.2, 0.25) is 0 Å². The Balaban J connectivity index is 0.00000128. The minimum absolute atomic E-state index is 0. The molecule has 0 saturated heterocycles. The van der Waals surface area contributed by atoms with Gasteiger partial charge in [-0.25, -0.2) is 0 Å². The Morgan fingerprint density at radius 1 is 1.44 bits per heavy atom. The molecule has 0 saturated carbocycles. The van der Waals surface area contributed by atoms with Crippen molar-refractivity contribution in [1.82, 2.24) is 0 Å². The van der Waals surface area contributed by atoms with E-state index in [-0.39, 0.29) is 17.6 Å². The molecule has 0 spiro atoms.